The fraction of sp³-hybridized carbons (Fsp3) is 0.750. The number of carbonyl (C=O) groups is 2. The van der Waals surface area contributed by atoms with Crippen molar-refractivity contribution >= 4 is 11.9 Å². The van der Waals surface area contributed by atoms with Gasteiger partial charge >= 0.3 is 11.9 Å². The summed E-state index contributed by atoms with van der Waals surface area (Å²) in [5.74, 6) is -3.39. The Bertz CT molecular complexity index is 225. The van der Waals surface area contributed by atoms with Crippen molar-refractivity contribution in [2.24, 2.45) is 11.8 Å². The van der Waals surface area contributed by atoms with Crippen LogP contribution in [0.2, 0.25) is 0 Å². The predicted molar refractivity (Wildman–Crippen MR) is 42.1 cm³/mol. The largest absolute Gasteiger partial charge is 0.481 e. The van der Waals surface area contributed by atoms with E-state index in [9.17, 15) is 14.7 Å². The normalized spacial score (nSPS) is 34.1. The molecule has 0 heterocycles. The van der Waals surface area contributed by atoms with Crippen LogP contribution in [0.3, 0.4) is 0 Å². The van der Waals surface area contributed by atoms with Crippen molar-refractivity contribution in [3.63, 3.8) is 0 Å². The van der Waals surface area contributed by atoms with Gasteiger partial charge in [-0.15, -0.1) is 0 Å². The summed E-state index contributed by atoms with van der Waals surface area (Å²) in [6.45, 7) is 0. The minimum absolute atomic E-state index is 0.0479. The Hall–Kier alpha value is -1.10. The Morgan fingerprint density at radius 3 is 2.08 bits per heavy atom. The lowest BCUT2D eigenvalue weighted by atomic mass is 9.80. The molecule has 1 fully saturated rings. The molecule has 3 atom stereocenters. The third-order valence-corrected chi connectivity index (χ3v) is 2.48. The van der Waals surface area contributed by atoms with Crippen LogP contribution in [0.15, 0.2) is 0 Å². The first-order chi connectivity index (χ1) is 6.02. The standard InChI is InChI=1S/C8H12O5/c9-6-3-4(7(10)11)1-2-5(6)8(12)13/h4-6,9H,1-3H2,(H,10,11)(H,12,13). The average molecular weight is 188 g/mol. The summed E-state index contributed by atoms with van der Waals surface area (Å²) >= 11 is 0. The first-order valence-corrected chi connectivity index (χ1v) is 4.16. The molecule has 1 saturated carbocycles. The van der Waals surface area contributed by atoms with Gasteiger partial charge < -0.3 is 15.3 Å². The van der Waals surface area contributed by atoms with E-state index >= 15 is 0 Å². The third-order valence-electron chi connectivity index (χ3n) is 2.48. The predicted octanol–water partition coefficient (Wildman–Crippen LogP) is -0.0672. The zero-order chi connectivity index (χ0) is 10.0. The van der Waals surface area contributed by atoms with Gasteiger partial charge in [0, 0.05) is 0 Å². The molecule has 0 radical (unpaired) electrons. The molecular formula is C8H12O5. The lowest BCUT2D eigenvalue weighted by molar-refractivity contribution is -0.154. The summed E-state index contributed by atoms with van der Waals surface area (Å²) in [5, 5.41) is 26.6. The van der Waals surface area contributed by atoms with Crippen molar-refractivity contribution < 1.29 is 24.9 Å². The van der Waals surface area contributed by atoms with E-state index in [0.717, 1.165) is 0 Å². The summed E-state index contributed by atoms with van der Waals surface area (Å²) in [7, 11) is 0. The molecule has 3 unspecified atom stereocenters. The van der Waals surface area contributed by atoms with Gasteiger partial charge in [-0.05, 0) is 19.3 Å². The van der Waals surface area contributed by atoms with Crippen LogP contribution in [-0.4, -0.2) is 33.4 Å². The Morgan fingerprint density at radius 2 is 1.69 bits per heavy atom. The maximum atomic E-state index is 10.5. The van der Waals surface area contributed by atoms with Gasteiger partial charge in [0.2, 0.25) is 0 Å². The number of aliphatic carboxylic acids is 2. The summed E-state index contributed by atoms with van der Waals surface area (Å²) < 4.78 is 0. The second kappa shape index (κ2) is 3.74. The summed E-state index contributed by atoms with van der Waals surface area (Å²) in [5.41, 5.74) is 0. The maximum absolute atomic E-state index is 10.5. The van der Waals surface area contributed by atoms with E-state index in [-0.39, 0.29) is 12.8 Å². The van der Waals surface area contributed by atoms with Gasteiger partial charge in [0.05, 0.1) is 17.9 Å². The molecule has 1 aliphatic rings. The first-order valence-electron chi connectivity index (χ1n) is 4.16. The van der Waals surface area contributed by atoms with E-state index in [1.54, 1.807) is 0 Å². The number of carboxylic acids is 2. The first kappa shape index (κ1) is 9.98. The molecule has 0 saturated heterocycles. The zero-order valence-corrected chi connectivity index (χ0v) is 7.01. The number of aliphatic hydroxyl groups excluding tert-OH is 1. The van der Waals surface area contributed by atoms with E-state index in [0.29, 0.717) is 6.42 Å². The summed E-state index contributed by atoms with van der Waals surface area (Å²) in [4.78, 5) is 21.1. The smallest absolute Gasteiger partial charge is 0.309 e. The van der Waals surface area contributed by atoms with Gasteiger partial charge in [-0.1, -0.05) is 0 Å². The van der Waals surface area contributed by atoms with Gasteiger partial charge in [-0.2, -0.15) is 0 Å². The fourth-order valence-corrected chi connectivity index (χ4v) is 1.66. The molecule has 0 amide bonds. The fourth-order valence-electron chi connectivity index (χ4n) is 1.66. The van der Waals surface area contributed by atoms with Crippen LogP contribution in [0, 0.1) is 11.8 Å². The van der Waals surface area contributed by atoms with Crippen molar-refractivity contribution in [2.45, 2.75) is 25.4 Å². The molecule has 13 heavy (non-hydrogen) atoms. The van der Waals surface area contributed by atoms with Gasteiger partial charge in [-0.25, -0.2) is 0 Å². The van der Waals surface area contributed by atoms with Crippen LogP contribution in [-0.2, 0) is 9.59 Å². The summed E-state index contributed by atoms with van der Waals surface area (Å²) in [6, 6.07) is 0. The Morgan fingerprint density at radius 1 is 1.08 bits per heavy atom. The highest BCUT2D eigenvalue weighted by atomic mass is 16.4. The minimum atomic E-state index is -1.05. The van der Waals surface area contributed by atoms with Crippen molar-refractivity contribution in [3.8, 4) is 0 Å². The third kappa shape index (κ3) is 2.18. The molecule has 0 aromatic carbocycles. The van der Waals surface area contributed by atoms with E-state index in [1.165, 1.54) is 0 Å². The number of hydrogen-bond acceptors (Lipinski definition) is 3. The van der Waals surface area contributed by atoms with E-state index in [2.05, 4.69) is 0 Å². The molecule has 0 aromatic rings. The molecule has 1 aliphatic carbocycles. The molecule has 0 aromatic heterocycles. The van der Waals surface area contributed by atoms with E-state index in [1.807, 2.05) is 0 Å². The Balaban J connectivity index is 2.56. The maximum Gasteiger partial charge on any atom is 0.309 e. The molecular weight excluding hydrogens is 176 g/mol. The molecule has 0 spiro atoms. The minimum Gasteiger partial charge on any atom is -0.481 e. The van der Waals surface area contributed by atoms with Crippen LogP contribution in [0.25, 0.3) is 0 Å². The average Bonchev–Trinajstić information content (AvgIpc) is 2.03. The monoisotopic (exact) mass is 188 g/mol. The van der Waals surface area contributed by atoms with Crippen molar-refractivity contribution in [1.29, 1.82) is 0 Å². The molecule has 5 heteroatoms. The van der Waals surface area contributed by atoms with Crippen molar-refractivity contribution in [1.82, 2.24) is 0 Å². The van der Waals surface area contributed by atoms with Crippen LogP contribution < -0.4 is 0 Å². The van der Waals surface area contributed by atoms with Crippen LogP contribution in [0.4, 0.5) is 0 Å². The second-order valence-corrected chi connectivity index (χ2v) is 3.36. The number of rotatable bonds is 2. The SMILES string of the molecule is O=C(O)C1CCC(C(=O)O)C(O)C1. The van der Waals surface area contributed by atoms with E-state index < -0.39 is 29.9 Å². The quantitative estimate of drug-likeness (QED) is 0.564. The number of carboxylic acid groups (broad SMARTS) is 2. The summed E-state index contributed by atoms with van der Waals surface area (Å²) in [6.07, 6.45) is -0.393. The van der Waals surface area contributed by atoms with Gasteiger partial charge in [-0.3, -0.25) is 9.59 Å². The number of hydrogen-bond donors (Lipinski definition) is 3. The Kier molecular flexibility index (Phi) is 2.87. The zero-order valence-electron chi connectivity index (χ0n) is 7.01. The molecule has 3 N–H and O–H groups in total. The van der Waals surface area contributed by atoms with Crippen LogP contribution in [0.1, 0.15) is 19.3 Å². The molecule has 74 valence electrons. The highest BCUT2D eigenvalue weighted by molar-refractivity contribution is 5.73. The lowest BCUT2D eigenvalue weighted by Crippen LogP contribution is -2.36. The van der Waals surface area contributed by atoms with Gasteiger partial charge in [0.25, 0.3) is 0 Å². The number of aliphatic hydroxyl groups is 1. The van der Waals surface area contributed by atoms with Crippen molar-refractivity contribution in [3.05, 3.63) is 0 Å². The molecule has 0 aliphatic heterocycles. The molecule has 0 bridgehead atoms. The van der Waals surface area contributed by atoms with Gasteiger partial charge in [0.15, 0.2) is 0 Å². The van der Waals surface area contributed by atoms with Crippen LogP contribution >= 0.6 is 0 Å². The van der Waals surface area contributed by atoms with E-state index in [4.69, 9.17) is 10.2 Å². The highest BCUT2D eigenvalue weighted by Crippen LogP contribution is 2.29. The molecule has 5 nitrogen and oxygen atoms in total. The topological polar surface area (TPSA) is 94.8 Å². The lowest BCUT2D eigenvalue weighted by Gasteiger charge is -2.28. The second-order valence-electron chi connectivity index (χ2n) is 3.36. The van der Waals surface area contributed by atoms with Gasteiger partial charge in [0.1, 0.15) is 0 Å². The Labute approximate surface area is 75.0 Å². The van der Waals surface area contributed by atoms with Crippen molar-refractivity contribution in [2.75, 3.05) is 0 Å². The highest BCUT2D eigenvalue weighted by Gasteiger charge is 2.36. The molecule has 1 rings (SSSR count). The van der Waals surface area contributed by atoms with Crippen LogP contribution in [0.5, 0.6) is 0 Å².